The number of nitrogens with one attached hydrogen (secondary N) is 1. The van der Waals surface area contributed by atoms with E-state index in [1.54, 1.807) is 11.1 Å². The second-order valence-corrected chi connectivity index (χ2v) is 5.84. The molecule has 106 valence electrons. The molecule has 19 heavy (non-hydrogen) atoms. The third kappa shape index (κ3) is 4.56. The van der Waals surface area contributed by atoms with Crippen molar-refractivity contribution < 1.29 is 0 Å². The first kappa shape index (κ1) is 14.4. The normalized spacial score (nSPS) is 13.9. The summed E-state index contributed by atoms with van der Waals surface area (Å²) < 4.78 is 0. The predicted molar refractivity (Wildman–Crippen MR) is 84.9 cm³/mol. The fourth-order valence-electron chi connectivity index (χ4n) is 3.09. The van der Waals surface area contributed by atoms with Gasteiger partial charge in [-0.3, -0.25) is 0 Å². The van der Waals surface area contributed by atoms with E-state index < -0.39 is 0 Å². The first-order valence-electron chi connectivity index (χ1n) is 8.26. The SMILES string of the molecule is CCCCCCCCCc1cccc2c1CCCN2. The number of unbranched alkanes of at least 4 members (excludes halogenated alkanes) is 6. The van der Waals surface area contributed by atoms with Crippen LogP contribution in [0.15, 0.2) is 18.2 Å². The first-order valence-corrected chi connectivity index (χ1v) is 8.26. The van der Waals surface area contributed by atoms with Gasteiger partial charge in [-0.05, 0) is 42.9 Å². The van der Waals surface area contributed by atoms with Gasteiger partial charge >= 0.3 is 0 Å². The topological polar surface area (TPSA) is 12.0 Å². The second kappa shape index (κ2) is 8.24. The summed E-state index contributed by atoms with van der Waals surface area (Å²) in [6, 6.07) is 6.79. The average Bonchev–Trinajstić information content (AvgIpc) is 2.46. The Balaban J connectivity index is 1.71. The van der Waals surface area contributed by atoms with Crippen LogP contribution in [0.2, 0.25) is 0 Å². The van der Waals surface area contributed by atoms with Crippen molar-refractivity contribution in [2.45, 2.75) is 71.1 Å². The molecular weight excluding hydrogens is 230 g/mol. The molecule has 2 rings (SSSR count). The molecule has 1 aliphatic rings. The van der Waals surface area contributed by atoms with Crippen molar-refractivity contribution in [3.63, 3.8) is 0 Å². The summed E-state index contributed by atoms with van der Waals surface area (Å²) in [6.45, 7) is 3.43. The number of fused-ring (bicyclic) bond motifs is 1. The van der Waals surface area contributed by atoms with Crippen molar-refractivity contribution in [2.24, 2.45) is 0 Å². The van der Waals surface area contributed by atoms with Gasteiger partial charge in [0, 0.05) is 12.2 Å². The molecule has 0 spiro atoms. The van der Waals surface area contributed by atoms with Crippen LogP contribution in [0.5, 0.6) is 0 Å². The smallest absolute Gasteiger partial charge is 0.0375 e. The van der Waals surface area contributed by atoms with Gasteiger partial charge in [-0.2, -0.15) is 0 Å². The Labute approximate surface area is 118 Å². The standard InChI is InChI=1S/C18H29N/c1-2-3-4-5-6-7-8-11-16-12-9-14-18-17(16)13-10-15-19-18/h9,12,14,19H,2-8,10-11,13,15H2,1H3. The van der Waals surface area contributed by atoms with Crippen LogP contribution >= 0.6 is 0 Å². The van der Waals surface area contributed by atoms with Crippen molar-refractivity contribution in [1.29, 1.82) is 0 Å². The van der Waals surface area contributed by atoms with Crippen LogP contribution in [-0.2, 0) is 12.8 Å². The lowest BCUT2D eigenvalue weighted by atomic mass is 9.94. The number of anilines is 1. The quantitative estimate of drug-likeness (QED) is 0.621. The highest BCUT2D eigenvalue weighted by atomic mass is 14.9. The lowest BCUT2D eigenvalue weighted by molar-refractivity contribution is 0.588. The van der Waals surface area contributed by atoms with Gasteiger partial charge in [-0.1, -0.05) is 57.6 Å². The molecule has 0 saturated carbocycles. The molecule has 0 aliphatic carbocycles. The summed E-state index contributed by atoms with van der Waals surface area (Å²) in [5.41, 5.74) is 4.59. The van der Waals surface area contributed by atoms with E-state index in [1.807, 2.05) is 0 Å². The maximum absolute atomic E-state index is 3.53. The summed E-state index contributed by atoms with van der Waals surface area (Å²) in [5.74, 6) is 0. The van der Waals surface area contributed by atoms with Crippen molar-refractivity contribution in [2.75, 3.05) is 11.9 Å². The van der Waals surface area contributed by atoms with Gasteiger partial charge < -0.3 is 5.32 Å². The molecule has 0 fully saturated rings. The van der Waals surface area contributed by atoms with Crippen molar-refractivity contribution in [1.82, 2.24) is 0 Å². The van der Waals surface area contributed by atoms with Gasteiger partial charge in [0.05, 0.1) is 0 Å². The molecular formula is C18H29N. The highest BCUT2D eigenvalue weighted by Crippen LogP contribution is 2.26. The Bertz CT molecular complexity index is 370. The van der Waals surface area contributed by atoms with E-state index in [0.29, 0.717) is 0 Å². The second-order valence-electron chi connectivity index (χ2n) is 5.84. The molecule has 0 unspecified atom stereocenters. The van der Waals surface area contributed by atoms with Crippen molar-refractivity contribution >= 4 is 5.69 Å². The minimum atomic E-state index is 1.15. The summed E-state index contributed by atoms with van der Waals surface area (Å²) in [5, 5.41) is 3.53. The summed E-state index contributed by atoms with van der Waals surface area (Å²) >= 11 is 0. The van der Waals surface area contributed by atoms with Gasteiger partial charge in [0.2, 0.25) is 0 Å². The van der Waals surface area contributed by atoms with Gasteiger partial charge in [0.1, 0.15) is 0 Å². The molecule has 1 aromatic rings. The van der Waals surface area contributed by atoms with Gasteiger partial charge in [0.15, 0.2) is 0 Å². The highest BCUT2D eigenvalue weighted by Gasteiger charge is 2.11. The van der Waals surface area contributed by atoms with Crippen LogP contribution in [0.25, 0.3) is 0 Å². The van der Waals surface area contributed by atoms with E-state index in [0.717, 1.165) is 6.54 Å². The third-order valence-corrected chi connectivity index (χ3v) is 4.24. The van der Waals surface area contributed by atoms with Crippen LogP contribution in [0.3, 0.4) is 0 Å². The minimum Gasteiger partial charge on any atom is -0.385 e. The Kier molecular flexibility index (Phi) is 6.26. The van der Waals surface area contributed by atoms with Crippen molar-refractivity contribution in [3.05, 3.63) is 29.3 Å². The molecule has 1 aliphatic heterocycles. The molecule has 1 nitrogen and oxygen atoms in total. The number of aryl methyl sites for hydroxylation is 1. The molecule has 1 N–H and O–H groups in total. The zero-order valence-corrected chi connectivity index (χ0v) is 12.5. The Morgan fingerprint density at radius 2 is 1.79 bits per heavy atom. The van der Waals surface area contributed by atoms with Gasteiger partial charge in [0.25, 0.3) is 0 Å². The van der Waals surface area contributed by atoms with Gasteiger partial charge in [-0.25, -0.2) is 0 Å². The largest absolute Gasteiger partial charge is 0.385 e. The molecule has 1 aromatic carbocycles. The Morgan fingerprint density at radius 3 is 2.63 bits per heavy atom. The summed E-state index contributed by atoms with van der Waals surface area (Å²) in [4.78, 5) is 0. The average molecular weight is 259 g/mol. The zero-order valence-electron chi connectivity index (χ0n) is 12.5. The number of benzene rings is 1. The third-order valence-electron chi connectivity index (χ3n) is 4.24. The Morgan fingerprint density at radius 1 is 1.00 bits per heavy atom. The van der Waals surface area contributed by atoms with E-state index in [1.165, 1.54) is 69.9 Å². The highest BCUT2D eigenvalue weighted by molar-refractivity contribution is 5.56. The molecule has 0 bridgehead atoms. The predicted octanol–water partition coefficient (Wildman–Crippen LogP) is 5.34. The lowest BCUT2D eigenvalue weighted by Gasteiger charge is -2.21. The van der Waals surface area contributed by atoms with E-state index in [4.69, 9.17) is 0 Å². The fourth-order valence-corrected chi connectivity index (χ4v) is 3.09. The number of hydrogen-bond donors (Lipinski definition) is 1. The monoisotopic (exact) mass is 259 g/mol. The fraction of sp³-hybridized carbons (Fsp3) is 0.667. The van der Waals surface area contributed by atoms with E-state index >= 15 is 0 Å². The van der Waals surface area contributed by atoms with Crippen LogP contribution in [0.4, 0.5) is 5.69 Å². The molecule has 0 aromatic heterocycles. The number of rotatable bonds is 8. The first-order chi connectivity index (χ1) is 9.42. The van der Waals surface area contributed by atoms with E-state index in [-0.39, 0.29) is 0 Å². The van der Waals surface area contributed by atoms with E-state index in [2.05, 4.69) is 30.4 Å². The Hall–Kier alpha value is -0.980. The van der Waals surface area contributed by atoms with Crippen LogP contribution in [0, 0.1) is 0 Å². The maximum atomic E-state index is 3.53. The van der Waals surface area contributed by atoms with Gasteiger partial charge in [-0.15, -0.1) is 0 Å². The maximum Gasteiger partial charge on any atom is 0.0375 e. The summed E-state index contributed by atoms with van der Waals surface area (Å²) in [6.07, 6.45) is 13.7. The molecule has 0 atom stereocenters. The van der Waals surface area contributed by atoms with E-state index in [9.17, 15) is 0 Å². The molecule has 1 heterocycles. The molecule has 1 heteroatoms. The van der Waals surface area contributed by atoms with Crippen molar-refractivity contribution in [3.8, 4) is 0 Å². The molecule has 0 saturated heterocycles. The minimum absolute atomic E-state index is 1.15. The molecule has 0 amide bonds. The van der Waals surface area contributed by atoms with Crippen LogP contribution < -0.4 is 5.32 Å². The summed E-state index contributed by atoms with van der Waals surface area (Å²) in [7, 11) is 0. The lowest BCUT2D eigenvalue weighted by Crippen LogP contribution is -2.13. The molecule has 0 radical (unpaired) electrons. The number of hydrogen-bond acceptors (Lipinski definition) is 1. The van der Waals surface area contributed by atoms with Crippen LogP contribution in [0.1, 0.15) is 69.4 Å². The van der Waals surface area contributed by atoms with Crippen LogP contribution in [-0.4, -0.2) is 6.54 Å². The zero-order chi connectivity index (χ0) is 13.3.